The van der Waals surface area contributed by atoms with Crippen molar-refractivity contribution >= 4 is 23.3 Å². The number of ketones is 1. The van der Waals surface area contributed by atoms with E-state index in [1.807, 2.05) is 13.8 Å². The first-order valence-electron chi connectivity index (χ1n) is 9.72. The van der Waals surface area contributed by atoms with E-state index in [4.69, 9.17) is 21.4 Å². The van der Waals surface area contributed by atoms with Gasteiger partial charge in [0.2, 0.25) is 5.91 Å². The van der Waals surface area contributed by atoms with Gasteiger partial charge in [-0.25, -0.2) is 0 Å². The molecule has 0 spiro atoms. The van der Waals surface area contributed by atoms with E-state index in [0.29, 0.717) is 22.6 Å². The van der Waals surface area contributed by atoms with E-state index >= 15 is 0 Å². The molecule has 0 aliphatic carbocycles. The van der Waals surface area contributed by atoms with Gasteiger partial charge in [-0.15, -0.1) is 0 Å². The van der Waals surface area contributed by atoms with Gasteiger partial charge in [0.15, 0.2) is 5.78 Å². The molecule has 2 aromatic rings. The second-order valence-electron chi connectivity index (χ2n) is 6.21. The minimum Gasteiger partial charge on any atom is -0.493 e. The number of carboxylic acids is 1. The zero-order chi connectivity index (χ0) is 23.8. The van der Waals surface area contributed by atoms with E-state index in [-0.39, 0.29) is 18.8 Å². The average molecular weight is 433 g/mol. The predicted octanol–water partition coefficient (Wildman–Crippen LogP) is 1.92. The number of rotatable bonds is 8. The Bertz CT molecular complexity index is 803. The fourth-order valence-corrected chi connectivity index (χ4v) is 2.03. The molecule has 0 saturated carbocycles. The van der Waals surface area contributed by atoms with Crippen LogP contribution in [0.5, 0.6) is 5.75 Å². The molecule has 9 heteroatoms. The molecular weight excluding hydrogens is 400 g/mol. The minimum atomic E-state index is -1.10. The largest absolute Gasteiger partial charge is 0.493 e. The fourth-order valence-electron chi connectivity index (χ4n) is 2.03. The molecule has 0 aliphatic rings. The van der Waals surface area contributed by atoms with E-state index < -0.39 is 18.4 Å². The Hall–Kier alpha value is -3.43. The lowest BCUT2D eigenvalue weighted by Gasteiger charge is -2.07. The van der Waals surface area contributed by atoms with Crippen molar-refractivity contribution in [2.24, 2.45) is 5.84 Å². The van der Waals surface area contributed by atoms with Crippen molar-refractivity contribution in [1.29, 1.82) is 0 Å². The maximum absolute atomic E-state index is 12.3. The molecule has 9 nitrogen and oxygen atoms in total. The van der Waals surface area contributed by atoms with Crippen LogP contribution in [0.4, 0.5) is 5.69 Å². The standard InChI is InChI=1S/C18H18N2O5.C2H8N2.C2H6/c19-14-5-1-12(2-6-14)18(24)13-3-7-15(8-4-13)25-10-9-16(21)20-11-17(22)23;1-4(2)3;1-2/h1-8H,9-11,19H2,(H,20,21)(H,22,23);3H2,1-2H3;1-2H3. The van der Waals surface area contributed by atoms with E-state index in [2.05, 4.69) is 5.32 Å². The average Bonchev–Trinajstić information content (AvgIpc) is 2.74. The van der Waals surface area contributed by atoms with Gasteiger partial charge in [-0.3, -0.25) is 25.2 Å². The number of anilines is 1. The lowest BCUT2D eigenvalue weighted by molar-refractivity contribution is -0.138. The van der Waals surface area contributed by atoms with Crippen molar-refractivity contribution in [3.05, 3.63) is 59.7 Å². The lowest BCUT2D eigenvalue weighted by Crippen LogP contribution is -2.30. The molecule has 1 amide bonds. The zero-order valence-electron chi connectivity index (χ0n) is 18.4. The smallest absolute Gasteiger partial charge is 0.322 e. The Morgan fingerprint density at radius 1 is 0.968 bits per heavy atom. The summed E-state index contributed by atoms with van der Waals surface area (Å²) in [5, 5.41) is 12.2. The van der Waals surface area contributed by atoms with Crippen molar-refractivity contribution in [3.8, 4) is 5.75 Å². The Morgan fingerprint density at radius 3 is 1.87 bits per heavy atom. The summed E-state index contributed by atoms with van der Waals surface area (Å²) >= 11 is 0. The first-order valence-corrected chi connectivity index (χ1v) is 9.72. The summed E-state index contributed by atoms with van der Waals surface area (Å²) < 4.78 is 5.40. The summed E-state index contributed by atoms with van der Waals surface area (Å²) in [6, 6.07) is 13.2. The molecule has 0 aliphatic heterocycles. The van der Waals surface area contributed by atoms with Gasteiger partial charge in [0.1, 0.15) is 12.3 Å². The summed E-state index contributed by atoms with van der Waals surface area (Å²) in [6.45, 7) is 3.69. The molecule has 0 fully saturated rings. The molecule has 0 radical (unpaired) electrons. The van der Waals surface area contributed by atoms with Gasteiger partial charge >= 0.3 is 5.97 Å². The molecule has 2 aromatic carbocycles. The maximum atomic E-state index is 12.3. The molecule has 0 atom stereocenters. The molecule has 0 unspecified atom stereocenters. The number of ether oxygens (including phenoxy) is 1. The van der Waals surface area contributed by atoms with Crippen LogP contribution in [0.2, 0.25) is 0 Å². The van der Waals surface area contributed by atoms with Crippen LogP contribution in [0, 0.1) is 0 Å². The van der Waals surface area contributed by atoms with Crippen molar-refractivity contribution in [2.45, 2.75) is 20.3 Å². The van der Waals surface area contributed by atoms with Crippen LogP contribution in [-0.4, -0.2) is 55.0 Å². The van der Waals surface area contributed by atoms with Crippen LogP contribution in [-0.2, 0) is 9.59 Å². The van der Waals surface area contributed by atoms with Crippen LogP contribution in [0.25, 0.3) is 0 Å². The third-order valence-corrected chi connectivity index (χ3v) is 3.32. The number of nitrogens with zero attached hydrogens (tertiary/aromatic N) is 1. The molecule has 0 saturated heterocycles. The van der Waals surface area contributed by atoms with Gasteiger partial charge in [0.05, 0.1) is 13.0 Å². The topological polar surface area (TPSA) is 148 Å². The number of hydrogen-bond acceptors (Lipinski definition) is 7. The molecular formula is C22H32N4O5. The third-order valence-electron chi connectivity index (χ3n) is 3.32. The number of carbonyl (C=O) groups excluding carboxylic acids is 2. The number of nitrogen functional groups attached to an aromatic ring is 1. The molecule has 170 valence electrons. The number of nitrogens with two attached hydrogens (primary N) is 2. The number of carbonyl (C=O) groups is 3. The molecule has 0 heterocycles. The monoisotopic (exact) mass is 432 g/mol. The summed E-state index contributed by atoms with van der Waals surface area (Å²) in [4.78, 5) is 34.0. The Morgan fingerprint density at radius 2 is 1.42 bits per heavy atom. The van der Waals surface area contributed by atoms with Gasteiger partial charge in [-0.05, 0) is 48.5 Å². The predicted molar refractivity (Wildman–Crippen MR) is 121 cm³/mol. The van der Waals surface area contributed by atoms with Crippen LogP contribution >= 0.6 is 0 Å². The zero-order valence-corrected chi connectivity index (χ0v) is 18.4. The Balaban J connectivity index is 0.00000134. The van der Waals surface area contributed by atoms with Crippen molar-refractivity contribution in [3.63, 3.8) is 0 Å². The van der Waals surface area contributed by atoms with Gasteiger partial charge in [-0.2, -0.15) is 0 Å². The Labute approximate surface area is 183 Å². The van der Waals surface area contributed by atoms with Crippen LogP contribution < -0.4 is 21.6 Å². The highest BCUT2D eigenvalue weighted by atomic mass is 16.5. The van der Waals surface area contributed by atoms with E-state index in [0.717, 1.165) is 0 Å². The van der Waals surface area contributed by atoms with E-state index in [9.17, 15) is 14.4 Å². The van der Waals surface area contributed by atoms with Crippen molar-refractivity contribution in [2.75, 3.05) is 33.0 Å². The summed E-state index contributed by atoms with van der Waals surface area (Å²) in [6.07, 6.45) is 0.0411. The number of aliphatic carboxylic acids is 1. The second-order valence-corrected chi connectivity index (χ2v) is 6.21. The number of carboxylic acid groups (broad SMARTS) is 1. The highest BCUT2D eigenvalue weighted by Crippen LogP contribution is 2.16. The van der Waals surface area contributed by atoms with Crippen molar-refractivity contribution in [1.82, 2.24) is 10.3 Å². The number of hydrogen-bond donors (Lipinski definition) is 4. The van der Waals surface area contributed by atoms with Gasteiger partial charge in [0.25, 0.3) is 0 Å². The maximum Gasteiger partial charge on any atom is 0.322 e. The van der Waals surface area contributed by atoms with E-state index in [1.54, 1.807) is 62.6 Å². The molecule has 0 bridgehead atoms. The molecule has 0 aromatic heterocycles. The quantitative estimate of drug-likeness (QED) is 0.214. The highest BCUT2D eigenvalue weighted by Gasteiger charge is 2.09. The number of benzene rings is 2. The summed E-state index contributed by atoms with van der Waals surface area (Å²) in [5.74, 6) is 3.83. The third kappa shape index (κ3) is 12.7. The molecule has 31 heavy (non-hydrogen) atoms. The second kappa shape index (κ2) is 15.4. The van der Waals surface area contributed by atoms with Crippen molar-refractivity contribution < 1.29 is 24.2 Å². The highest BCUT2D eigenvalue weighted by molar-refractivity contribution is 6.09. The van der Waals surface area contributed by atoms with E-state index in [1.165, 1.54) is 5.01 Å². The van der Waals surface area contributed by atoms with Gasteiger partial charge in [-0.1, -0.05) is 13.8 Å². The number of nitrogens with one attached hydrogen (secondary N) is 1. The Kier molecular flexibility index (Phi) is 13.7. The van der Waals surface area contributed by atoms with Crippen LogP contribution in [0.15, 0.2) is 48.5 Å². The van der Waals surface area contributed by atoms with Crippen LogP contribution in [0.3, 0.4) is 0 Å². The first kappa shape index (κ1) is 27.6. The van der Waals surface area contributed by atoms with Crippen LogP contribution in [0.1, 0.15) is 36.2 Å². The first-order chi connectivity index (χ1) is 14.7. The SMILES string of the molecule is CC.CN(C)N.Nc1ccc(C(=O)c2ccc(OCCC(=O)NCC(=O)O)cc2)cc1. The molecule has 6 N–H and O–H groups in total. The number of amides is 1. The molecule has 2 rings (SSSR count). The summed E-state index contributed by atoms with van der Waals surface area (Å²) in [7, 11) is 3.56. The lowest BCUT2D eigenvalue weighted by atomic mass is 10.0. The fraction of sp³-hybridized carbons (Fsp3) is 0.318. The van der Waals surface area contributed by atoms with Gasteiger partial charge < -0.3 is 20.9 Å². The number of hydrazine groups is 1. The minimum absolute atomic E-state index is 0.0411. The normalized spacial score (nSPS) is 9.48. The summed E-state index contributed by atoms with van der Waals surface area (Å²) in [5.41, 5.74) is 7.24. The van der Waals surface area contributed by atoms with Gasteiger partial charge in [0, 0.05) is 30.9 Å².